The minimum Gasteiger partial charge on any atom is -0.423 e. The summed E-state index contributed by atoms with van der Waals surface area (Å²) in [7, 11) is -1.47. The van der Waals surface area contributed by atoms with Gasteiger partial charge in [-0.1, -0.05) is 120 Å². The molecule has 36 heavy (non-hydrogen) atoms. The largest absolute Gasteiger partial charge is 0.488 e. The lowest BCUT2D eigenvalue weighted by molar-refractivity contribution is 0.426. The Morgan fingerprint density at radius 1 is 0.528 bits per heavy atom. The molecular weight excluding hydrogens is 439 g/mol. The van der Waals surface area contributed by atoms with Crippen molar-refractivity contribution in [1.82, 2.24) is 0 Å². The molecule has 0 atom stereocenters. The molecule has 0 amide bonds. The van der Waals surface area contributed by atoms with E-state index in [1.54, 1.807) is 12.1 Å². The first-order valence-electron chi connectivity index (χ1n) is 12.3. The van der Waals surface area contributed by atoms with Gasteiger partial charge in [0, 0.05) is 0 Å². The molecule has 0 unspecified atom stereocenters. The molecule has 1 aliphatic carbocycles. The SMILES string of the molecule is Cc1ccc(C2(c3ccc(C)cc3)c3ccccc3-c3ccc(-c4ccc(B(O)O)cc4)cc32)cc1. The summed E-state index contributed by atoms with van der Waals surface area (Å²) in [5, 5.41) is 19.1. The summed E-state index contributed by atoms with van der Waals surface area (Å²) in [6.45, 7) is 4.26. The third-order valence-electron chi connectivity index (χ3n) is 7.56. The summed E-state index contributed by atoms with van der Waals surface area (Å²) in [5.74, 6) is 0. The van der Waals surface area contributed by atoms with Crippen molar-refractivity contribution in [2.75, 3.05) is 0 Å². The van der Waals surface area contributed by atoms with Gasteiger partial charge in [0.2, 0.25) is 0 Å². The Hall–Kier alpha value is -3.92. The highest BCUT2D eigenvalue weighted by molar-refractivity contribution is 6.58. The Bertz CT molecular complexity index is 1500. The normalized spacial score (nSPS) is 13.2. The maximum atomic E-state index is 9.53. The zero-order valence-corrected chi connectivity index (χ0v) is 20.4. The molecule has 3 heteroatoms. The molecule has 0 fully saturated rings. The zero-order chi connectivity index (χ0) is 24.9. The smallest absolute Gasteiger partial charge is 0.423 e. The van der Waals surface area contributed by atoms with E-state index in [2.05, 4.69) is 105 Å². The van der Waals surface area contributed by atoms with Gasteiger partial charge in [0.25, 0.3) is 0 Å². The summed E-state index contributed by atoms with van der Waals surface area (Å²) in [6.07, 6.45) is 0. The van der Waals surface area contributed by atoms with Gasteiger partial charge in [-0.05, 0) is 69.9 Å². The van der Waals surface area contributed by atoms with Gasteiger partial charge < -0.3 is 10.0 Å². The van der Waals surface area contributed by atoms with Crippen molar-refractivity contribution in [2.24, 2.45) is 0 Å². The monoisotopic (exact) mass is 466 g/mol. The van der Waals surface area contributed by atoms with E-state index < -0.39 is 12.5 Å². The molecule has 0 bridgehead atoms. The number of rotatable bonds is 4. The van der Waals surface area contributed by atoms with Crippen molar-refractivity contribution < 1.29 is 10.0 Å². The van der Waals surface area contributed by atoms with Crippen LogP contribution in [-0.2, 0) is 5.41 Å². The van der Waals surface area contributed by atoms with Gasteiger partial charge in [-0.2, -0.15) is 0 Å². The Kier molecular flexibility index (Phi) is 5.41. The summed E-state index contributed by atoms with van der Waals surface area (Å²) >= 11 is 0. The Labute approximate surface area is 212 Å². The van der Waals surface area contributed by atoms with Crippen LogP contribution in [0.1, 0.15) is 33.4 Å². The van der Waals surface area contributed by atoms with Gasteiger partial charge >= 0.3 is 7.12 Å². The second-order valence-electron chi connectivity index (χ2n) is 9.78. The molecule has 0 saturated carbocycles. The first-order valence-corrected chi connectivity index (χ1v) is 12.3. The molecule has 6 rings (SSSR count). The summed E-state index contributed by atoms with van der Waals surface area (Å²) in [5.41, 5.74) is 12.2. The zero-order valence-electron chi connectivity index (χ0n) is 20.4. The topological polar surface area (TPSA) is 40.5 Å². The van der Waals surface area contributed by atoms with E-state index in [0.29, 0.717) is 5.46 Å². The molecule has 2 N–H and O–H groups in total. The molecule has 5 aromatic rings. The average Bonchev–Trinajstić information content (AvgIpc) is 3.20. The summed E-state index contributed by atoms with van der Waals surface area (Å²) < 4.78 is 0. The Morgan fingerprint density at radius 3 is 1.64 bits per heavy atom. The van der Waals surface area contributed by atoms with Gasteiger partial charge in [0.05, 0.1) is 5.41 Å². The van der Waals surface area contributed by atoms with Gasteiger partial charge in [-0.25, -0.2) is 0 Å². The van der Waals surface area contributed by atoms with Crippen LogP contribution in [0.3, 0.4) is 0 Å². The first-order chi connectivity index (χ1) is 17.5. The lowest BCUT2D eigenvalue weighted by Gasteiger charge is -2.34. The molecule has 0 aliphatic heterocycles. The fourth-order valence-electron chi connectivity index (χ4n) is 5.70. The lowest BCUT2D eigenvalue weighted by atomic mass is 9.67. The minimum atomic E-state index is -1.47. The van der Waals surface area contributed by atoms with E-state index in [-0.39, 0.29) is 0 Å². The van der Waals surface area contributed by atoms with Crippen molar-refractivity contribution in [3.63, 3.8) is 0 Å². The highest BCUT2D eigenvalue weighted by Crippen LogP contribution is 2.56. The standard InChI is InChI=1S/C33H27BO2/c1-22-7-14-26(15-8-22)33(27-16-9-23(2)10-17-27)31-6-4-3-5-29(31)30-20-13-25(21-32(30)33)24-11-18-28(19-12-24)34(35)36/h3-21,35-36H,1-2H3. The maximum absolute atomic E-state index is 9.53. The Balaban J connectivity index is 1.66. The van der Waals surface area contributed by atoms with Crippen LogP contribution >= 0.6 is 0 Å². The van der Waals surface area contributed by atoms with E-state index in [4.69, 9.17) is 0 Å². The molecule has 0 heterocycles. The van der Waals surface area contributed by atoms with E-state index in [1.807, 2.05) is 12.1 Å². The number of benzene rings is 5. The molecule has 0 spiro atoms. The summed E-state index contributed by atoms with van der Waals surface area (Å²) in [6, 6.07) is 40.8. The van der Waals surface area contributed by atoms with Crippen LogP contribution in [0.4, 0.5) is 0 Å². The van der Waals surface area contributed by atoms with Gasteiger partial charge in [0.15, 0.2) is 0 Å². The van der Waals surface area contributed by atoms with Crippen LogP contribution < -0.4 is 5.46 Å². The minimum absolute atomic E-state index is 0.440. The van der Waals surface area contributed by atoms with Crippen molar-refractivity contribution in [1.29, 1.82) is 0 Å². The third-order valence-corrected chi connectivity index (χ3v) is 7.56. The van der Waals surface area contributed by atoms with Gasteiger partial charge in [-0.15, -0.1) is 0 Å². The highest BCUT2D eigenvalue weighted by atomic mass is 16.4. The van der Waals surface area contributed by atoms with E-state index in [1.165, 1.54) is 44.5 Å². The van der Waals surface area contributed by atoms with Crippen LogP contribution in [0.2, 0.25) is 0 Å². The predicted octanol–water partition coefficient (Wildman–Crippen LogP) is 6.01. The van der Waals surface area contributed by atoms with Crippen molar-refractivity contribution >= 4 is 12.6 Å². The fourth-order valence-corrected chi connectivity index (χ4v) is 5.70. The van der Waals surface area contributed by atoms with E-state index in [9.17, 15) is 10.0 Å². The van der Waals surface area contributed by atoms with Crippen LogP contribution in [-0.4, -0.2) is 17.2 Å². The molecule has 1 aliphatic rings. The van der Waals surface area contributed by atoms with Crippen LogP contribution in [0.15, 0.2) is 115 Å². The van der Waals surface area contributed by atoms with Crippen LogP contribution in [0.5, 0.6) is 0 Å². The van der Waals surface area contributed by atoms with E-state index >= 15 is 0 Å². The number of fused-ring (bicyclic) bond motifs is 3. The average molecular weight is 466 g/mol. The maximum Gasteiger partial charge on any atom is 0.488 e. The quantitative estimate of drug-likeness (QED) is 0.312. The molecule has 2 nitrogen and oxygen atoms in total. The van der Waals surface area contributed by atoms with Crippen molar-refractivity contribution in [3.05, 3.63) is 149 Å². The number of aryl methyl sites for hydroxylation is 2. The molecule has 0 aromatic heterocycles. The Morgan fingerprint density at radius 2 is 1.06 bits per heavy atom. The lowest BCUT2D eigenvalue weighted by Crippen LogP contribution is -2.29. The molecule has 174 valence electrons. The molecule has 0 radical (unpaired) electrons. The first kappa shape index (κ1) is 22.5. The third kappa shape index (κ3) is 3.43. The predicted molar refractivity (Wildman–Crippen MR) is 148 cm³/mol. The highest BCUT2D eigenvalue weighted by Gasteiger charge is 2.46. The van der Waals surface area contributed by atoms with Crippen molar-refractivity contribution in [3.8, 4) is 22.3 Å². The molecular formula is C33H27BO2. The van der Waals surface area contributed by atoms with Crippen molar-refractivity contribution in [2.45, 2.75) is 19.3 Å². The molecule has 5 aromatic carbocycles. The van der Waals surface area contributed by atoms with Gasteiger partial charge in [0.1, 0.15) is 0 Å². The van der Waals surface area contributed by atoms with Gasteiger partial charge in [-0.3, -0.25) is 0 Å². The second-order valence-corrected chi connectivity index (χ2v) is 9.78. The summed E-state index contributed by atoms with van der Waals surface area (Å²) in [4.78, 5) is 0. The molecule has 0 saturated heterocycles. The van der Waals surface area contributed by atoms with Crippen LogP contribution in [0.25, 0.3) is 22.3 Å². The second kappa shape index (κ2) is 8.63. The van der Waals surface area contributed by atoms with Crippen LogP contribution in [0, 0.1) is 13.8 Å². The fraction of sp³-hybridized carbons (Fsp3) is 0.0909. The number of hydrogen-bond donors (Lipinski definition) is 2. The van der Waals surface area contributed by atoms with E-state index in [0.717, 1.165) is 11.1 Å². The number of hydrogen-bond acceptors (Lipinski definition) is 2.